The Morgan fingerprint density at radius 2 is 1.90 bits per heavy atom. The van der Waals surface area contributed by atoms with Crippen molar-refractivity contribution in [2.45, 2.75) is 58.8 Å². The molecular formula is C19H26BFN4O4. The average molecular weight is 404 g/mol. The van der Waals surface area contributed by atoms with Crippen LogP contribution in [0.15, 0.2) is 23.1 Å². The highest BCUT2D eigenvalue weighted by Gasteiger charge is 2.52. The third kappa shape index (κ3) is 4.28. The first kappa shape index (κ1) is 21.3. The fourth-order valence-corrected chi connectivity index (χ4v) is 2.92. The molecule has 10 heteroatoms. The molecule has 2 aromatic heterocycles. The second-order valence-corrected chi connectivity index (χ2v) is 7.91. The number of pyridine rings is 1. The molecule has 0 saturated carbocycles. The number of halogens is 1. The van der Waals surface area contributed by atoms with Crippen LogP contribution in [0.2, 0.25) is 0 Å². The molecule has 8 nitrogen and oxygen atoms in total. The minimum Gasteiger partial charge on any atom is -0.492 e. The van der Waals surface area contributed by atoms with Crippen molar-refractivity contribution >= 4 is 18.5 Å². The average Bonchev–Trinajstić information content (AvgIpc) is 2.86. The molecule has 0 bridgehead atoms. The number of anilines is 1. The summed E-state index contributed by atoms with van der Waals surface area (Å²) in [5.74, 6) is -0.291. The molecule has 0 radical (unpaired) electrons. The van der Waals surface area contributed by atoms with Crippen molar-refractivity contribution in [2.24, 2.45) is 0 Å². The molecule has 0 aromatic carbocycles. The summed E-state index contributed by atoms with van der Waals surface area (Å²) in [4.78, 5) is 21.9. The molecule has 0 amide bonds. The van der Waals surface area contributed by atoms with Gasteiger partial charge in [0.05, 0.1) is 29.4 Å². The van der Waals surface area contributed by atoms with Crippen molar-refractivity contribution < 1.29 is 18.4 Å². The lowest BCUT2D eigenvalue weighted by Crippen LogP contribution is -2.41. The van der Waals surface area contributed by atoms with E-state index >= 15 is 0 Å². The summed E-state index contributed by atoms with van der Waals surface area (Å²) in [5.41, 5.74) is -0.541. The number of rotatable bonds is 6. The molecule has 0 spiro atoms. The molecule has 2 N–H and O–H groups in total. The van der Waals surface area contributed by atoms with E-state index < -0.39 is 35.9 Å². The van der Waals surface area contributed by atoms with Crippen molar-refractivity contribution in [1.29, 1.82) is 0 Å². The van der Waals surface area contributed by atoms with E-state index in [2.05, 4.69) is 20.3 Å². The number of hydrogen-bond acceptors (Lipinski definition) is 7. The molecule has 156 valence electrons. The van der Waals surface area contributed by atoms with E-state index in [1.165, 1.54) is 0 Å². The molecule has 1 fully saturated rings. The van der Waals surface area contributed by atoms with Gasteiger partial charge in [0.2, 0.25) is 0 Å². The number of aromatic nitrogens is 3. The van der Waals surface area contributed by atoms with Crippen molar-refractivity contribution in [2.75, 3.05) is 11.9 Å². The van der Waals surface area contributed by atoms with Gasteiger partial charge in [0.15, 0.2) is 11.6 Å². The Morgan fingerprint density at radius 3 is 2.52 bits per heavy atom. The predicted molar refractivity (Wildman–Crippen MR) is 108 cm³/mol. The van der Waals surface area contributed by atoms with Gasteiger partial charge in [-0.3, -0.25) is 4.98 Å². The molecule has 3 rings (SSSR count). The lowest BCUT2D eigenvalue weighted by Gasteiger charge is -2.32. The zero-order valence-corrected chi connectivity index (χ0v) is 17.5. The summed E-state index contributed by atoms with van der Waals surface area (Å²) in [6.45, 7) is 11.9. The number of aromatic amines is 1. The highest BCUT2D eigenvalue weighted by atomic mass is 19.1. The first-order chi connectivity index (χ1) is 13.5. The van der Waals surface area contributed by atoms with Crippen molar-refractivity contribution in [3.05, 3.63) is 40.3 Å². The summed E-state index contributed by atoms with van der Waals surface area (Å²) in [7, 11) is -0.643. The van der Waals surface area contributed by atoms with Gasteiger partial charge in [-0.05, 0) is 53.7 Å². The number of nitrogens with zero attached hydrogens (tertiary/aromatic N) is 2. The molecule has 0 aliphatic carbocycles. The van der Waals surface area contributed by atoms with Crippen LogP contribution in [0.1, 0.15) is 53.3 Å². The Balaban J connectivity index is 1.93. The monoisotopic (exact) mass is 404 g/mol. The van der Waals surface area contributed by atoms with Crippen LogP contribution in [-0.2, 0) is 9.31 Å². The van der Waals surface area contributed by atoms with Crippen LogP contribution in [0.25, 0.3) is 0 Å². The van der Waals surface area contributed by atoms with Gasteiger partial charge in [0.25, 0.3) is 0 Å². The minimum atomic E-state index is -0.670. The molecule has 1 aliphatic rings. The Labute approximate surface area is 169 Å². The maximum atomic E-state index is 14.0. The molecule has 1 atom stereocenters. The van der Waals surface area contributed by atoms with Gasteiger partial charge >= 0.3 is 12.8 Å². The van der Waals surface area contributed by atoms with Gasteiger partial charge in [-0.25, -0.2) is 9.18 Å². The van der Waals surface area contributed by atoms with E-state index in [0.29, 0.717) is 23.6 Å². The summed E-state index contributed by atoms with van der Waals surface area (Å²) < 4.78 is 31.8. The molecule has 29 heavy (non-hydrogen) atoms. The first-order valence-corrected chi connectivity index (χ1v) is 9.55. The Hall–Kier alpha value is -2.46. The topological polar surface area (TPSA) is 98.4 Å². The Morgan fingerprint density at radius 1 is 1.24 bits per heavy atom. The van der Waals surface area contributed by atoms with Crippen molar-refractivity contribution in [3.8, 4) is 5.75 Å². The zero-order chi connectivity index (χ0) is 21.4. The lowest BCUT2D eigenvalue weighted by atomic mass is 9.84. The lowest BCUT2D eigenvalue weighted by molar-refractivity contribution is 0.00578. The van der Waals surface area contributed by atoms with Crippen LogP contribution >= 0.6 is 0 Å². The molecular weight excluding hydrogens is 378 g/mol. The van der Waals surface area contributed by atoms with Gasteiger partial charge in [-0.2, -0.15) is 4.98 Å². The van der Waals surface area contributed by atoms with Gasteiger partial charge in [0.1, 0.15) is 11.4 Å². The van der Waals surface area contributed by atoms with Crippen molar-refractivity contribution in [3.63, 3.8) is 0 Å². The largest absolute Gasteiger partial charge is 0.514 e. The van der Waals surface area contributed by atoms with E-state index in [0.717, 1.165) is 6.20 Å². The third-order valence-corrected chi connectivity index (χ3v) is 5.23. The quantitative estimate of drug-likeness (QED) is 0.712. The van der Waals surface area contributed by atoms with Crippen LogP contribution in [0.4, 0.5) is 10.2 Å². The number of hydrogen-bond donors (Lipinski definition) is 2. The van der Waals surface area contributed by atoms with Gasteiger partial charge in [-0.1, -0.05) is 0 Å². The van der Waals surface area contributed by atoms with E-state index in [9.17, 15) is 9.18 Å². The summed E-state index contributed by atoms with van der Waals surface area (Å²) >= 11 is 0. The van der Waals surface area contributed by atoms with Gasteiger partial charge in [0, 0.05) is 6.20 Å². The first-order valence-electron chi connectivity index (χ1n) is 9.55. The second kappa shape index (κ2) is 7.76. The maximum absolute atomic E-state index is 14.0. The van der Waals surface area contributed by atoms with E-state index in [1.807, 2.05) is 34.6 Å². The molecule has 1 unspecified atom stereocenters. The number of ether oxygens (including phenoxy) is 1. The molecule has 1 aliphatic heterocycles. The smallest absolute Gasteiger partial charge is 0.492 e. The van der Waals surface area contributed by atoms with Crippen LogP contribution in [0, 0.1) is 5.82 Å². The van der Waals surface area contributed by atoms with E-state index in [-0.39, 0.29) is 5.82 Å². The Kier molecular flexibility index (Phi) is 5.69. The van der Waals surface area contributed by atoms with E-state index in [4.69, 9.17) is 14.0 Å². The number of nitrogens with one attached hydrogen (secondary N) is 2. The van der Waals surface area contributed by atoms with Crippen molar-refractivity contribution in [1.82, 2.24) is 15.0 Å². The number of H-pyrrole nitrogens is 1. The Bertz CT molecular complexity index is 934. The summed E-state index contributed by atoms with van der Waals surface area (Å²) in [5, 5.41) is 2.89. The maximum Gasteiger partial charge on any atom is 0.514 e. The predicted octanol–water partition coefficient (Wildman–Crippen LogP) is 2.17. The van der Waals surface area contributed by atoms with Gasteiger partial charge in [-0.15, -0.1) is 0 Å². The zero-order valence-electron chi connectivity index (χ0n) is 17.5. The highest BCUT2D eigenvalue weighted by molar-refractivity contribution is 6.61. The third-order valence-electron chi connectivity index (χ3n) is 5.23. The van der Waals surface area contributed by atoms with E-state index in [1.54, 1.807) is 19.1 Å². The van der Waals surface area contributed by atoms with Crippen LogP contribution in [-0.4, -0.2) is 39.9 Å². The highest BCUT2D eigenvalue weighted by Crippen LogP contribution is 2.36. The van der Waals surface area contributed by atoms with Gasteiger partial charge < -0.3 is 24.3 Å². The fraction of sp³-hybridized carbons (Fsp3) is 0.526. The normalized spacial score (nSPS) is 18.5. The molecule has 2 aromatic rings. The van der Waals surface area contributed by atoms with Crippen LogP contribution in [0.3, 0.4) is 0 Å². The minimum absolute atomic E-state index is 0.161. The van der Waals surface area contributed by atoms with Crippen LogP contribution in [0.5, 0.6) is 5.75 Å². The SMILES string of the molecule is CCOc1ccc(B2OC(C)(C)C(C)(C)O2)nc1C(C)Nc1nc(=O)[nH]cc1F. The summed E-state index contributed by atoms with van der Waals surface area (Å²) in [6, 6.07) is 3.07. The second-order valence-electron chi connectivity index (χ2n) is 7.91. The summed E-state index contributed by atoms with van der Waals surface area (Å²) in [6.07, 6.45) is 0.960. The van der Waals surface area contributed by atoms with Crippen LogP contribution < -0.4 is 21.3 Å². The fourth-order valence-electron chi connectivity index (χ4n) is 2.92. The standard InChI is InChI=1S/C19H26BFN4O4/c1-7-27-13-8-9-14(20-28-18(3,4)19(5,6)29-20)24-15(13)11(2)23-16-12(21)10-22-17(26)25-16/h8-11H,7H2,1-6H3,(H2,22,23,25,26). The molecule has 3 heterocycles. The molecule has 1 saturated heterocycles.